The molecule has 0 saturated carbocycles. The van der Waals surface area contributed by atoms with Gasteiger partial charge in [0.05, 0.1) is 0 Å². The highest BCUT2D eigenvalue weighted by atomic mass is 16.2. The number of carbonyl (C=O) groups is 1. The van der Waals surface area contributed by atoms with Crippen molar-refractivity contribution in [1.29, 1.82) is 0 Å². The van der Waals surface area contributed by atoms with Gasteiger partial charge in [-0.3, -0.25) is 4.79 Å². The summed E-state index contributed by atoms with van der Waals surface area (Å²) in [5, 5.41) is 3.42. The Morgan fingerprint density at radius 2 is 2.15 bits per heavy atom. The Labute approximate surface area is 121 Å². The van der Waals surface area contributed by atoms with E-state index >= 15 is 0 Å². The van der Waals surface area contributed by atoms with Crippen molar-refractivity contribution in [2.45, 2.75) is 39.0 Å². The molecule has 1 aromatic rings. The molecule has 2 aliphatic rings. The summed E-state index contributed by atoms with van der Waals surface area (Å²) in [5.74, 6) is 1.07. The monoisotopic (exact) mass is 272 g/mol. The Morgan fingerprint density at radius 1 is 1.35 bits per heavy atom. The number of hydrogen-bond donors (Lipinski definition) is 1. The standard InChI is InChI=1S/C17H24N2O/c1-2-17(20)19-10-7-15-12-14(3-4-16(15)19)11-13-5-8-18-9-6-13/h3-4,12-13,18H,2,5-11H2,1H3. The summed E-state index contributed by atoms with van der Waals surface area (Å²) in [6.07, 6.45) is 5.38. The van der Waals surface area contributed by atoms with Gasteiger partial charge in [0.15, 0.2) is 0 Å². The van der Waals surface area contributed by atoms with Crippen LogP contribution in [0.2, 0.25) is 0 Å². The normalized spacial score (nSPS) is 19.1. The molecule has 1 amide bonds. The number of piperidine rings is 1. The molecule has 0 aromatic heterocycles. The van der Waals surface area contributed by atoms with Gasteiger partial charge in [-0.15, -0.1) is 0 Å². The van der Waals surface area contributed by atoms with E-state index in [4.69, 9.17) is 0 Å². The number of rotatable bonds is 3. The number of amides is 1. The molecular formula is C17H24N2O. The van der Waals surface area contributed by atoms with Gasteiger partial charge >= 0.3 is 0 Å². The van der Waals surface area contributed by atoms with Crippen LogP contribution in [0, 0.1) is 5.92 Å². The van der Waals surface area contributed by atoms with Gasteiger partial charge in [-0.05, 0) is 61.9 Å². The molecule has 2 aliphatic heterocycles. The highest BCUT2D eigenvalue weighted by molar-refractivity contribution is 5.95. The molecule has 1 fully saturated rings. The molecule has 1 N–H and O–H groups in total. The van der Waals surface area contributed by atoms with E-state index in [0.717, 1.165) is 37.7 Å². The first-order chi connectivity index (χ1) is 9.78. The second-order valence-corrected chi connectivity index (χ2v) is 6.01. The molecule has 0 unspecified atom stereocenters. The van der Waals surface area contributed by atoms with Gasteiger partial charge in [-0.1, -0.05) is 19.1 Å². The summed E-state index contributed by atoms with van der Waals surface area (Å²) in [5.41, 5.74) is 3.95. The number of nitrogens with zero attached hydrogens (tertiary/aromatic N) is 1. The van der Waals surface area contributed by atoms with Crippen LogP contribution in [0.15, 0.2) is 18.2 Å². The lowest BCUT2D eigenvalue weighted by Gasteiger charge is -2.23. The van der Waals surface area contributed by atoms with Crippen molar-refractivity contribution >= 4 is 11.6 Å². The number of hydrogen-bond acceptors (Lipinski definition) is 2. The number of benzene rings is 1. The van der Waals surface area contributed by atoms with Crippen molar-refractivity contribution < 1.29 is 4.79 Å². The molecule has 3 heteroatoms. The van der Waals surface area contributed by atoms with Crippen LogP contribution in [0.4, 0.5) is 5.69 Å². The fraction of sp³-hybridized carbons (Fsp3) is 0.588. The molecule has 108 valence electrons. The van der Waals surface area contributed by atoms with Crippen LogP contribution in [0.5, 0.6) is 0 Å². The van der Waals surface area contributed by atoms with Crippen molar-refractivity contribution in [3.05, 3.63) is 29.3 Å². The predicted octanol–water partition coefficient (Wildman–Crippen LogP) is 2.53. The minimum Gasteiger partial charge on any atom is -0.317 e. The first-order valence-corrected chi connectivity index (χ1v) is 7.91. The van der Waals surface area contributed by atoms with Gasteiger partial charge < -0.3 is 10.2 Å². The van der Waals surface area contributed by atoms with E-state index in [0.29, 0.717) is 6.42 Å². The first-order valence-electron chi connectivity index (χ1n) is 7.91. The van der Waals surface area contributed by atoms with Crippen molar-refractivity contribution in [3.63, 3.8) is 0 Å². The number of fused-ring (bicyclic) bond motifs is 1. The Morgan fingerprint density at radius 3 is 2.90 bits per heavy atom. The number of anilines is 1. The van der Waals surface area contributed by atoms with Gasteiger partial charge in [0, 0.05) is 18.7 Å². The van der Waals surface area contributed by atoms with Crippen LogP contribution in [0.25, 0.3) is 0 Å². The van der Waals surface area contributed by atoms with E-state index in [1.54, 1.807) is 0 Å². The maximum Gasteiger partial charge on any atom is 0.226 e. The summed E-state index contributed by atoms with van der Waals surface area (Å²) < 4.78 is 0. The number of nitrogens with one attached hydrogen (secondary N) is 1. The average Bonchev–Trinajstić information content (AvgIpc) is 2.90. The van der Waals surface area contributed by atoms with E-state index in [1.165, 1.54) is 30.4 Å². The quantitative estimate of drug-likeness (QED) is 0.917. The van der Waals surface area contributed by atoms with Gasteiger partial charge in [-0.25, -0.2) is 0 Å². The Bertz CT molecular complexity index is 492. The van der Waals surface area contributed by atoms with Crippen LogP contribution >= 0.6 is 0 Å². The third kappa shape index (κ3) is 2.73. The summed E-state index contributed by atoms with van der Waals surface area (Å²) in [6, 6.07) is 6.72. The molecule has 3 rings (SSSR count). The zero-order valence-electron chi connectivity index (χ0n) is 12.3. The lowest BCUT2D eigenvalue weighted by atomic mass is 9.90. The van der Waals surface area contributed by atoms with Crippen LogP contribution in [-0.4, -0.2) is 25.5 Å². The van der Waals surface area contributed by atoms with Crippen LogP contribution in [0.1, 0.15) is 37.3 Å². The summed E-state index contributed by atoms with van der Waals surface area (Å²) in [4.78, 5) is 13.8. The highest BCUT2D eigenvalue weighted by Gasteiger charge is 2.24. The second-order valence-electron chi connectivity index (χ2n) is 6.01. The van der Waals surface area contributed by atoms with Crippen molar-refractivity contribution in [1.82, 2.24) is 5.32 Å². The maximum absolute atomic E-state index is 11.9. The molecule has 20 heavy (non-hydrogen) atoms. The lowest BCUT2D eigenvalue weighted by molar-refractivity contribution is -0.118. The highest BCUT2D eigenvalue weighted by Crippen LogP contribution is 2.30. The van der Waals surface area contributed by atoms with Crippen molar-refractivity contribution in [3.8, 4) is 0 Å². The van der Waals surface area contributed by atoms with E-state index in [-0.39, 0.29) is 5.91 Å². The molecule has 3 nitrogen and oxygen atoms in total. The fourth-order valence-electron chi connectivity index (χ4n) is 3.45. The Kier molecular flexibility index (Phi) is 4.06. The van der Waals surface area contributed by atoms with Crippen molar-refractivity contribution in [2.24, 2.45) is 5.92 Å². The molecule has 0 radical (unpaired) electrons. The number of carbonyl (C=O) groups excluding carboxylic acids is 1. The third-order valence-corrected chi connectivity index (χ3v) is 4.63. The van der Waals surface area contributed by atoms with E-state index < -0.39 is 0 Å². The van der Waals surface area contributed by atoms with Crippen LogP contribution in [-0.2, 0) is 17.6 Å². The second kappa shape index (κ2) is 5.96. The third-order valence-electron chi connectivity index (χ3n) is 4.63. The first kappa shape index (κ1) is 13.6. The molecule has 0 aliphatic carbocycles. The topological polar surface area (TPSA) is 32.3 Å². The van der Waals surface area contributed by atoms with E-state index in [9.17, 15) is 4.79 Å². The molecular weight excluding hydrogens is 248 g/mol. The zero-order valence-corrected chi connectivity index (χ0v) is 12.3. The van der Waals surface area contributed by atoms with Gasteiger partial charge in [0.2, 0.25) is 5.91 Å². The fourth-order valence-corrected chi connectivity index (χ4v) is 3.45. The van der Waals surface area contributed by atoms with E-state index in [1.807, 2.05) is 11.8 Å². The molecule has 0 spiro atoms. The minimum atomic E-state index is 0.245. The van der Waals surface area contributed by atoms with Crippen LogP contribution < -0.4 is 10.2 Å². The lowest BCUT2D eigenvalue weighted by Crippen LogP contribution is -2.28. The SMILES string of the molecule is CCC(=O)N1CCc2cc(CC3CCNCC3)ccc21. The minimum absolute atomic E-state index is 0.245. The summed E-state index contributed by atoms with van der Waals surface area (Å²) >= 11 is 0. The average molecular weight is 272 g/mol. The predicted molar refractivity (Wildman–Crippen MR) is 82.1 cm³/mol. The van der Waals surface area contributed by atoms with Gasteiger partial charge in [0.1, 0.15) is 0 Å². The smallest absolute Gasteiger partial charge is 0.226 e. The molecule has 1 aromatic carbocycles. The molecule has 1 saturated heterocycles. The summed E-state index contributed by atoms with van der Waals surface area (Å²) in [6.45, 7) is 5.12. The van der Waals surface area contributed by atoms with Crippen LogP contribution in [0.3, 0.4) is 0 Å². The molecule has 0 atom stereocenters. The largest absolute Gasteiger partial charge is 0.317 e. The molecule has 2 heterocycles. The van der Waals surface area contributed by atoms with Crippen molar-refractivity contribution in [2.75, 3.05) is 24.5 Å². The maximum atomic E-state index is 11.9. The van der Waals surface area contributed by atoms with Gasteiger partial charge in [0.25, 0.3) is 0 Å². The zero-order chi connectivity index (χ0) is 13.9. The summed E-state index contributed by atoms with van der Waals surface area (Å²) in [7, 11) is 0. The van der Waals surface area contributed by atoms with Gasteiger partial charge in [-0.2, -0.15) is 0 Å². The Hall–Kier alpha value is -1.35. The Balaban J connectivity index is 1.72. The molecule has 0 bridgehead atoms. The van der Waals surface area contributed by atoms with E-state index in [2.05, 4.69) is 23.5 Å².